The van der Waals surface area contributed by atoms with Crippen molar-refractivity contribution >= 4 is 45.7 Å². The van der Waals surface area contributed by atoms with Crippen molar-refractivity contribution in [2.45, 2.75) is 18.5 Å². The van der Waals surface area contributed by atoms with Gasteiger partial charge >= 0.3 is 0 Å². The number of hydrogen-bond donors (Lipinski definition) is 1. The second-order valence-corrected chi connectivity index (χ2v) is 8.97. The number of carbonyl (C=O) groups is 1. The monoisotopic (exact) mass is 456 g/mol. The summed E-state index contributed by atoms with van der Waals surface area (Å²) in [5, 5.41) is 16.2. The second-order valence-electron chi connectivity index (χ2n) is 6.48. The molecule has 0 saturated carbocycles. The van der Waals surface area contributed by atoms with Crippen LogP contribution in [0.2, 0.25) is 5.02 Å². The maximum absolute atomic E-state index is 12.3. The minimum atomic E-state index is -0.165. The highest BCUT2D eigenvalue weighted by Crippen LogP contribution is 2.23. The van der Waals surface area contributed by atoms with Crippen LogP contribution in [0.15, 0.2) is 59.9 Å². The largest absolute Gasteiger partial charge is 0.301 e. The van der Waals surface area contributed by atoms with Crippen molar-refractivity contribution in [1.82, 2.24) is 25.2 Å². The summed E-state index contributed by atoms with van der Waals surface area (Å²) < 4.78 is 1.57. The van der Waals surface area contributed by atoms with Gasteiger partial charge in [0.1, 0.15) is 0 Å². The molecular weight excluding hydrogens is 440 g/mol. The van der Waals surface area contributed by atoms with Crippen LogP contribution in [-0.4, -0.2) is 36.9 Å². The van der Waals surface area contributed by atoms with Gasteiger partial charge in [0, 0.05) is 22.5 Å². The minimum Gasteiger partial charge on any atom is -0.301 e. The van der Waals surface area contributed by atoms with Crippen LogP contribution < -0.4 is 5.32 Å². The molecule has 0 fully saturated rings. The molecule has 0 aliphatic carbocycles. The molecule has 152 valence electrons. The lowest BCUT2D eigenvalue weighted by Crippen LogP contribution is -2.14. The Hall–Kier alpha value is -2.75. The Morgan fingerprint density at radius 2 is 1.93 bits per heavy atom. The highest BCUT2D eigenvalue weighted by molar-refractivity contribution is 7.99. The minimum absolute atomic E-state index is 0.165. The molecule has 0 aliphatic heterocycles. The molecule has 0 saturated heterocycles. The Morgan fingerprint density at radius 1 is 1.17 bits per heavy atom. The summed E-state index contributed by atoms with van der Waals surface area (Å²) >= 11 is 8.65. The van der Waals surface area contributed by atoms with Crippen LogP contribution in [-0.2, 0) is 11.2 Å². The van der Waals surface area contributed by atoms with Crippen LogP contribution in [0.4, 0.5) is 5.13 Å². The van der Waals surface area contributed by atoms with Crippen molar-refractivity contribution in [3.05, 3.63) is 75.8 Å². The Balaban J connectivity index is 1.33. The van der Waals surface area contributed by atoms with Crippen molar-refractivity contribution in [1.29, 1.82) is 0 Å². The molecule has 1 N–H and O–H groups in total. The Kier molecular flexibility index (Phi) is 6.41. The van der Waals surface area contributed by atoms with Crippen molar-refractivity contribution in [3.8, 4) is 5.69 Å². The molecule has 2 heterocycles. The molecular formula is C20H17ClN6OS2. The third-order valence-electron chi connectivity index (χ3n) is 4.14. The normalized spacial score (nSPS) is 10.9. The molecule has 10 heteroatoms. The fraction of sp³-hybridized carbons (Fsp3) is 0.150. The number of halogens is 1. The van der Waals surface area contributed by atoms with E-state index in [4.69, 9.17) is 11.6 Å². The molecule has 0 bridgehead atoms. The number of aryl methyl sites for hydroxylation is 1. The summed E-state index contributed by atoms with van der Waals surface area (Å²) in [5.41, 5.74) is 3.22. The van der Waals surface area contributed by atoms with Crippen molar-refractivity contribution in [2.75, 3.05) is 11.1 Å². The highest BCUT2D eigenvalue weighted by atomic mass is 35.5. The lowest BCUT2D eigenvalue weighted by molar-refractivity contribution is -0.113. The number of anilines is 1. The predicted molar refractivity (Wildman–Crippen MR) is 120 cm³/mol. The number of hydrogen-bond acceptors (Lipinski definition) is 7. The molecule has 2 aromatic carbocycles. The summed E-state index contributed by atoms with van der Waals surface area (Å²) in [6.45, 7) is 2.07. The van der Waals surface area contributed by atoms with Crippen molar-refractivity contribution < 1.29 is 4.79 Å². The number of nitrogens with one attached hydrogen (secondary N) is 1. The quantitative estimate of drug-likeness (QED) is 0.415. The third-order valence-corrected chi connectivity index (χ3v) is 6.23. The topological polar surface area (TPSA) is 85.6 Å². The van der Waals surface area contributed by atoms with Gasteiger partial charge in [-0.1, -0.05) is 53.2 Å². The molecule has 4 rings (SSSR count). The number of amides is 1. The van der Waals surface area contributed by atoms with Crippen LogP contribution in [0.25, 0.3) is 5.69 Å². The summed E-state index contributed by atoms with van der Waals surface area (Å²) in [7, 11) is 0. The lowest BCUT2D eigenvalue weighted by atomic mass is 10.1. The van der Waals surface area contributed by atoms with Gasteiger partial charge in [0.05, 0.1) is 11.4 Å². The fourth-order valence-corrected chi connectivity index (χ4v) is 4.33. The number of carbonyl (C=O) groups excluding carboxylic acids is 1. The first-order valence-electron chi connectivity index (χ1n) is 9.04. The summed E-state index contributed by atoms with van der Waals surface area (Å²) in [6, 6.07) is 15.5. The Morgan fingerprint density at radius 3 is 2.70 bits per heavy atom. The molecule has 1 amide bonds. The zero-order chi connectivity index (χ0) is 20.9. The first-order valence-corrected chi connectivity index (χ1v) is 11.2. The average Bonchev–Trinajstić information content (AvgIpc) is 3.38. The van der Waals surface area contributed by atoms with Gasteiger partial charge in [-0.2, -0.15) is 4.68 Å². The Labute approximate surface area is 186 Å². The van der Waals surface area contributed by atoms with Gasteiger partial charge in [0.25, 0.3) is 0 Å². The average molecular weight is 457 g/mol. The molecule has 2 aromatic heterocycles. The molecule has 30 heavy (non-hydrogen) atoms. The van der Waals surface area contributed by atoms with Gasteiger partial charge in [-0.3, -0.25) is 4.79 Å². The van der Waals surface area contributed by atoms with Crippen LogP contribution >= 0.6 is 34.7 Å². The number of nitrogens with zero attached hydrogens (tertiary/aromatic N) is 5. The van der Waals surface area contributed by atoms with E-state index in [9.17, 15) is 4.79 Å². The lowest BCUT2D eigenvalue weighted by Gasteiger charge is -2.04. The van der Waals surface area contributed by atoms with Gasteiger partial charge < -0.3 is 5.32 Å². The molecule has 0 unspecified atom stereocenters. The summed E-state index contributed by atoms with van der Waals surface area (Å²) in [4.78, 5) is 17.7. The number of tetrazole rings is 1. The molecule has 0 aliphatic rings. The van der Waals surface area contributed by atoms with E-state index in [1.165, 1.54) is 34.2 Å². The van der Waals surface area contributed by atoms with E-state index in [0.717, 1.165) is 17.0 Å². The summed E-state index contributed by atoms with van der Waals surface area (Å²) in [6.07, 6.45) is 2.59. The summed E-state index contributed by atoms with van der Waals surface area (Å²) in [5.74, 6) is 0.00258. The van der Waals surface area contributed by atoms with E-state index in [-0.39, 0.29) is 11.7 Å². The van der Waals surface area contributed by atoms with Crippen LogP contribution in [0.5, 0.6) is 0 Å². The van der Waals surface area contributed by atoms with E-state index in [1.54, 1.807) is 23.0 Å². The van der Waals surface area contributed by atoms with Crippen molar-refractivity contribution in [3.63, 3.8) is 0 Å². The van der Waals surface area contributed by atoms with E-state index in [0.29, 0.717) is 15.3 Å². The third kappa shape index (κ3) is 5.24. The van der Waals surface area contributed by atoms with Gasteiger partial charge in [-0.25, -0.2) is 4.98 Å². The van der Waals surface area contributed by atoms with E-state index < -0.39 is 0 Å². The SMILES string of the molecule is Cc1ccc(Cc2cnc(NC(=O)CSc3nnnn3-c3ccc(Cl)cc3)s2)cc1. The van der Waals surface area contributed by atoms with Gasteiger partial charge in [0.15, 0.2) is 5.13 Å². The molecule has 4 aromatic rings. The molecule has 0 radical (unpaired) electrons. The first kappa shape index (κ1) is 20.5. The molecule has 0 spiro atoms. The molecule has 0 atom stereocenters. The maximum atomic E-state index is 12.3. The van der Waals surface area contributed by atoms with Crippen LogP contribution in [0, 0.1) is 6.92 Å². The van der Waals surface area contributed by atoms with E-state index in [2.05, 4.69) is 57.0 Å². The second kappa shape index (κ2) is 9.38. The van der Waals surface area contributed by atoms with Gasteiger partial charge in [-0.05, 0) is 47.2 Å². The zero-order valence-electron chi connectivity index (χ0n) is 15.9. The van der Waals surface area contributed by atoms with Crippen LogP contribution in [0.3, 0.4) is 0 Å². The van der Waals surface area contributed by atoms with Crippen molar-refractivity contribution in [2.24, 2.45) is 0 Å². The number of rotatable bonds is 7. The highest BCUT2D eigenvalue weighted by Gasteiger charge is 2.13. The van der Waals surface area contributed by atoms with E-state index >= 15 is 0 Å². The Bertz CT molecular complexity index is 1140. The molecule has 7 nitrogen and oxygen atoms in total. The number of thioether (sulfide) groups is 1. The standard InChI is InChI=1S/C20H17ClN6OS2/c1-13-2-4-14(5-3-13)10-17-11-22-19(30-17)23-18(28)12-29-20-24-25-26-27(20)16-8-6-15(21)7-9-16/h2-9,11H,10,12H2,1H3,(H,22,23,28). The number of aromatic nitrogens is 5. The maximum Gasteiger partial charge on any atom is 0.236 e. The first-order chi connectivity index (χ1) is 14.6. The van der Waals surface area contributed by atoms with Gasteiger partial charge in [-0.15, -0.1) is 16.4 Å². The zero-order valence-corrected chi connectivity index (χ0v) is 18.3. The fourth-order valence-electron chi connectivity index (χ4n) is 2.65. The van der Waals surface area contributed by atoms with Gasteiger partial charge in [0.2, 0.25) is 11.1 Å². The number of benzene rings is 2. The predicted octanol–water partition coefficient (Wildman–Crippen LogP) is 4.40. The smallest absolute Gasteiger partial charge is 0.236 e. The van der Waals surface area contributed by atoms with Crippen LogP contribution in [0.1, 0.15) is 16.0 Å². The number of thiazole rings is 1. The van der Waals surface area contributed by atoms with E-state index in [1.807, 2.05) is 12.1 Å².